The number of esters is 4. The first-order chi connectivity index (χ1) is 32.3. The Kier molecular flexibility index (Phi) is 21.6. The van der Waals surface area contributed by atoms with E-state index in [0.29, 0.717) is 44.3 Å². The molecule has 404 valence electrons. The van der Waals surface area contributed by atoms with Gasteiger partial charge in [0.25, 0.3) is 0 Å². The van der Waals surface area contributed by atoms with E-state index < -0.39 is 58.8 Å². The van der Waals surface area contributed by atoms with Crippen molar-refractivity contribution < 1.29 is 70.1 Å². The van der Waals surface area contributed by atoms with Crippen LogP contribution in [0.3, 0.4) is 0 Å². The number of rotatable bonds is 11. The second kappa shape index (κ2) is 24.7. The van der Waals surface area contributed by atoms with E-state index in [1.807, 2.05) is 0 Å². The van der Waals surface area contributed by atoms with Crippen molar-refractivity contribution in [3.63, 3.8) is 0 Å². The van der Waals surface area contributed by atoms with E-state index in [2.05, 4.69) is 65.9 Å². The van der Waals surface area contributed by atoms with Gasteiger partial charge in [0, 0.05) is 51.4 Å². The Bertz CT molecular complexity index is 1950. The van der Waals surface area contributed by atoms with Gasteiger partial charge < -0.3 is 38.6 Å². The van der Waals surface area contributed by atoms with Crippen LogP contribution in [0, 0.1) is 45.3 Å². The minimum absolute atomic E-state index is 0.0464. The molecule has 0 aromatic carbocycles. The molecule has 3 saturated carbocycles. The lowest BCUT2D eigenvalue weighted by atomic mass is 9.53. The highest BCUT2D eigenvalue weighted by Crippen LogP contribution is 2.59. The average molecular weight is 1010 g/mol. The van der Waals surface area contributed by atoms with Crippen molar-refractivity contribution in [3.8, 4) is 0 Å². The molecule has 70 heavy (non-hydrogen) atoms. The summed E-state index contributed by atoms with van der Waals surface area (Å²) in [6.07, 6.45) is 13.5. The monoisotopic (exact) mass is 1010 g/mol. The van der Waals surface area contributed by atoms with Crippen molar-refractivity contribution in [2.24, 2.45) is 49.7 Å². The number of allylic oxidation sites excluding steroid dienone is 2. The minimum atomic E-state index is -3.72. The fraction of sp³-hybridized carbons (Fsp3) is 0.868. The average Bonchev–Trinajstić information content (AvgIpc) is 3.71. The summed E-state index contributed by atoms with van der Waals surface area (Å²) in [4.78, 5) is 45.9. The maximum absolute atomic E-state index is 11.8. The molecule has 17 heteroatoms. The van der Waals surface area contributed by atoms with Gasteiger partial charge in [-0.1, -0.05) is 86.3 Å². The van der Waals surface area contributed by atoms with Crippen LogP contribution in [-0.2, 0) is 57.8 Å². The third-order valence-corrected chi connectivity index (χ3v) is 18.2. The molecule has 6 aliphatic rings. The minimum Gasteiger partial charge on any atom is -0.861 e. The van der Waals surface area contributed by atoms with Gasteiger partial charge >= 0.3 is 34.1 Å². The van der Waals surface area contributed by atoms with Gasteiger partial charge in [-0.15, -0.1) is 4.40 Å². The highest BCUT2D eigenvalue weighted by Gasteiger charge is 2.60. The molecule has 2 aliphatic heterocycles. The Labute approximate surface area is 421 Å². The number of hydrogen-bond acceptors (Lipinski definition) is 14. The molecule has 2 heterocycles. The van der Waals surface area contributed by atoms with E-state index in [-0.39, 0.29) is 55.7 Å². The number of fused-ring (bicyclic) bond motifs is 2. The molecule has 2 saturated heterocycles. The van der Waals surface area contributed by atoms with Gasteiger partial charge in [-0.3, -0.25) is 19.2 Å². The summed E-state index contributed by atoms with van der Waals surface area (Å²) in [5, 5.41) is 22.4. The molecule has 5 fully saturated rings. The summed E-state index contributed by atoms with van der Waals surface area (Å²) < 4.78 is 59.6. The number of carbonyl (C=O) groups is 4. The maximum atomic E-state index is 11.8. The van der Waals surface area contributed by atoms with E-state index in [1.54, 1.807) is 20.8 Å². The lowest BCUT2D eigenvalue weighted by molar-refractivity contribution is -0.800. The van der Waals surface area contributed by atoms with Crippen molar-refractivity contribution >= 4 is 40.0 Å². The van der Waals surface area contributed by atoms with Gasteiger partial charge in [0.05, 0.1) is 25.2 Å². The lowest BCUT2D eigenvalue weighted by Gasteiger charge is -2.55. The smallest absolute Gasteiger partial charge is 0.413 e. The van der Waals surface area contributed by atoms with Crippen LogP contribution in [0.2, 0.25) is 0 Å². The molecule has 1 N–H and O–H groups in total. The first-order valence-electron chi connectivity index (χ1n) is 26.1. The largest absolute Gasteiger partial charge is 0.861 e. The van der Waals surface area contributed by atoms with E-state index in [4.69, 9.17) is 28.4 Å². The Hall–Kier alpha value is -3.12. The fourth-order valence-corrected chi connectivity index (χ4v) is 14.2. The normalized spacial score (nSPS) is 34.4. The van der Waals surface area contributed by atoms with Crippen LogP contribution in [0.25, 0.3) is 0 Å². The second-order valence-electron chi connectivity index (χ2n) is 23.1. The van der Waals surface area contributed by atoms with Crippen molar-refractivity contribution in [1.82, 2.24) is 0 Å². The Morgan fingerprint density at radius 2 is 1.10 bits per heavy atom. The number of quaternary nitrogens is 1. The molecule has 0 amide bonds. The van der Waals surface area contributed by atoms with Gasteiger partial charge in [0.2, 0.25) is 25.2 Å². The fourth-order valence-electron chi connectivity index (χ4n) is 12.7. The summed E-state index contributed by atoms with van der Waals surface area (Å²) in [6, 6.07) is 0. The molecule has 2 unspecified atom stereocenters. The lowest BCUT2D eigenvalue weighted by Crippen LogP contribution is -2.55. The second-order valence-corrected chi connectivity index (χ2v) is 24.9. The zero-order valence-electron chi connectivity index (χ0n) is 45.8. The van der Waals surface area contributed by atoms with E-state index in [1.165, 1.54) is 71.8 Å². The molecule has 0 radical (unpaired) electrons. The van der Waals surface area contributed by atoms with Gasteiger partial charge in [0.15, 0.2) is 0 Å². The predicted octanol–water partition coefficient (Wildman–Crippen LogP) is 9.21. The first kappa shape index (κ1) is 61.2. The molecule has 0 aromatic heterocycles. The van der Waals surface area contributed by atoms with Gasteiger partial charge in [0.1, 0.15) is 0 Å². The van der Waals surface area contributed by atoms with Crippen molar-refractivity contribution in [1.29, 1.82) is 0 Å². The van der Waals surface area contributed by atoms with Crippen molar-refractivity contribution in [2.45, 2.75) is 231 Å². The summed E-state index contributed by atoms with van der Waals surface area (Å²) in [5.41, 5.74) is 1.19. The molecule has 0 spiro atoms. The molecule has 6 rings (SSSR count). The maximum Gasteiger partial charge on any atom is 0.413 e. The van der Waals surface area contributed by atoms with Crippen LogP contribution >= 0.6 is 0 Å². The Morgan fingerprint density at radius 3 is 1.53 bits per heavy atom. The molecule has 11 atom stereocenters. The van der Waals surface area contributed by atoms with Gasteiger partial charge in [-0.25, -0.2) is 0 Å². The van der Waals surface area contributed by atoms with Crippen LogP contribution in [0.4, 0.5) is 0 Å². The zero-order valence-corrected chi connectivity index (χ0v) is 46.6. The van der Waals surface area contributed by atoms with E-state index >= 15 is 0 Å². The SMILES string of the molecule is CC(=O)O[C@H]1O[C@@H](OC(C)=O)[C@@H]2CC=C(C3(C)CCCC(C)(C)C3)C[C@H]12.CC(=O)O[C@H]1O[C@@H](OC(C)=O)[C@@H]2CC[C@](O)(C3(C)CCCC(C)(C)C3)C[C@H]12.CCC.CC[N+](CC)(CC)S(=O)(=O)N=C(C)[O-]. The summed E-state index contributed by atoms with van der Waals surface area (Å²) in [5.74, 6) is -2.37. The molecule has 0 bridgehead atoms. The van der Waals surface area contributed by atoms with E-state index in [9.17, 15) is 37.8 Å². The van der Waals surface area contributed by atoms with Crippen LogP contribution in [0.5, 0.6) is 0 Å². The molecular formula is C53H92N2O14S. The van der Waals surface area contributed by atoms with Crippen molar-refractivity contribution in [3.05, 3.63) is 11.6 Å². The van der Waals surface area contributed by atoms with E-state index in [0.717, 1.165) is 39.0 Å². The Morgan fingerprint density at radius 1 is 0.671 bits per heavy atom. The highest BCUT2D eigenvalue weighted by molar-refractivity contribution is 7.84. The standard InChI is InChI=1S/C21H34O6.C21H32O5.C8H18N2O3S.C3H8/c1-13(22)25-17-15-7-10-21(24,11-16(15)18(27-17)26-14(2)23)20(5)9-6-8-19(3,4)12-20;1-13(22)24-18-16-8-7-15(11-17(16)19(26-18)25-14(2)23)21(5)10-6-9-20(3,4)12-21;1-5-10(6-2,7-3)14(12,13)9-8(4)11;1-3-2/h15-18,24H,6-12H2,1-5H3;7,16-19H,6,8-12H2,1-5H3;5-7H2,1-4H3;3H2,1-2H3/t15-,16+,17-,18+,20?,21-;16-,17+,18-,19+,21?;;/m11../s1. The number of aliphatic hydroxyl groups is 1. The van der Waals surface area contributed by atoms with Crippen LogP contribution in [-0.4, -0.2) is 97.6 Å². The molecule has 4 aliphatic carbocycles. The number of nitrogens with zero attached hydrogens (tertiary/aromatic N) is 2. The molecular weight excluding hydrogens is 921 g/mol. The predicted molar refractivity (Wildman–Crippen MR) is 265 cm³/mol. The highest BCUT2D eigenvalue weighted by atomic mass is 32.2. The quantitative estimate of drug-likeness (QED) is 0.0510. The zero-order chi connectivity index (χ0) is 53.3. The number of ether oxygens (including phenoxy) is 6. The third-order valence-electron chi connectivity index (χ3n) is 16.0. The summed E-state index contributed by atoms with van der Waals surface area (Å²) in [7, 11) is -3.72. The topological polar surface area (TPSA) is 213 Å². The van der Waals surface area contributed by atoms with Crippen LogP contribution < -0.4 is 5.11 Å². The van der Waals surface area contributed by atoms with Crippen LogP contribution in [0.1, 0.15) is 201 Å². The Balaban J connectivity index is 0.000000283. The molecule has 16 nitrogen and oxygen atoms in total. The number of hydrogen-bond donors (Lipinski definition) is 1. The van der Waals surface area contributed by atoms with Crippen LogP contribution in [0.15, 0.2) is 16.0 Å². The third kappa shape index (κ3) is 15.5. The van der Waals surface area contributed by atoms with Crippen molar-refractivity contribution in [2.75, 3.05) is 19.6 Å². The molecule has 0 aromatic rings. The first-order valence-corrected chi connectivity index (χ1v) is 27.5. The van der Waals surface area contributed by atoms with Gasteiger partial charge in [-0.05, 0) is 126 Å². The van der Waals surface area contributed by atoms with Gasteiger partial charge in [-0.2, -0.15) is 12.3 Å². The number of carbonyl (C=O) groups excluding carboxylic acids is 4. The summed E-state index contributed by atoms with van der Waals surface area (Å²) in [6.45, 7) is 31.3. The summed E-state index contributed by atoms with van der Waals surface area (Å²) >= 11 is 0.